The number of aryl methyl sites for hydroxylation is 2. The molecule has 0 aromatic heterocycles. The van der Waals surface area contributed by atoms with Gasteiger partial charge in [0.2, 0.25) is 5.91 Å². The van der Waals surface area contributed by atoms with Gasteiger partial charge in [-0.15, -0.1) is 0 Å². The fourth-order valence-corrected chi connectivity index (χ4v) is 4.43. The quantitative estimate of drug-likeness (QED) is 0.926. The molecule has 1 aliphatic carbocycles. The van der Waals surface area contributed by atoms with Crippen LogP contribution in [0.5, 0.6) is 0 Å². The van der Waals surface area contributed by atoms with Gasteiger partial charge in [0, 0.05) is 25.4 Å². The van der Waals surface area contributed by atoms with Crippen molar-refractivity contribution in [2.45, 2.75) is 58.0 Å². The number of carbonyl (C=O) groups excluding carboxylic acids is 1. The van der Waals surface area contributed by atoms with E-state index in [0.717, 1.165) is 45.2 Å². The summed E-state index contributed by atoms with van der Waals surface area (Å²) in [7, 11) is 0. The number of fused-ring (bicyclic) bond motifs is 1. The fourth-order valence-electron chi connectivity index (χ4n) is 4.43. The van der Waals surface area contributed by atoms with Crippen molar-refractivity contribution in [2.24, 2.45) is 11.8 Å². The molecule has 0 spiro atoms. The number of hydrogen-bond acceptors (Lipinski definition) is 2. The summed E-state index contributed by atoms with van der Waals surface area (Å²) >= 11 is 0. The average molecular weight is 315 g/mol. The minimum atomic E-state index is -0.547. The van der Waals surface area contributed by atoms with E-state index < -0.39 is 5.60 Å². The third kappa shape index (κ3) is 3.45. The molecule has 1 aromatic carbocycles. The predicted molar refractivity (Wildman–Crippen MR) is 92.2 cm³/mol. The van der Waals surface area contributed by atoms with Gasteiger partial charge in [0.25, 0.3) is 0 Å². The van der Waals surface area contributed by atoms with Gasteiger partial charge in [-0.05, 0) is 44.1 Å². The molecule has 3 atom stereocenters. The van der Waals surface area contributed by atoms with Crippen molar-refractivity contribution in [3.8, 4) is 0 Å². The van der Waals surface area contributed by atoms with Crippen LogP contribution in [0.3, 0.4) is 0 Å². The summed E-state index contributed by atoms with van der Waals surface area (Å²) in [5.41, 5.74) is 1.93. The van der Waals surface area contributed by atoms with Crippen LogP contribution in [-0.4, -0.2) is 34.6 Å². The van der Waals surface area contributed by atoms with Gasteiger partial charge >= 0.3 is 0 Å². The molecular formula is C20H29NO2. The van der Waals surface area contributed by atoms with Crippen molar-refractivity contribution >= 4 is 5.91 Å². The smallest absolute Gasteiger partial charge is 0.222 e. The summed E-state index contributed by atoms with van der Waals surface area (Å²) in [6.07, 6.45) is 5.34. The molecule has 1 saturated carbocycles. The number of nitrogens with zero attached hydrogens (tertiary/aromatic N) is 1. The largest absolute Gasteiger partial charge is 0.390 e. The van der Waals surface area contributed by atoms with Gasteiger partial charge in [-0.3, -0.25) is 4.79 Å². The van der Waals surface area contributed by atoms with Crippen LogP contribution >= 0.6 is 0 Å². The number of carbonyl (C=O) groups is 1. The van der Waals surface area contributed by atoms with Crippen LogP contribution < -0.4 is 0 Å². The lowest BCUT2D eigenvalue weighted by molar-refractivity contribution is -0.130. The van der Waals surface area contributed by atoms with Crippen LogP contribution in [0.1, 0.15) is 50.2 Å². The maximum atomic E-state index is 12.6. The number of benzene rings is 1. The molecule has 126 valence electrons. The maximum Gasteiger partial charge on any atom is 0.222 e. The Morgan fingerprint density at radius 2 is 2.04 bits per heavy atom. The van der Waals surface area contributed by atoms with E-state index in [1.807, 2.05) is 4.90 Å². The SMILES string of the molecule is CC[C@@]1(O)CCC[C@@H]2CN(C(=O)CCc3ccc(C)cc3)C[C@@H]21. The van der Waals surface area contributed by atoms with Gasteiger partial charge in [0.05, 0.1) is 5.60 Å². The molecule has 3 nitrogen and oxygen atoms in total. The molecular weight excluding hydrogens is 286 g/mol. The molecule has 23 heavy (non-hydrogen) atoms. The zero-order valence-corrected chi connectivity index (χ0v) is 14.4. The number of rotatable bonds is 4. The second kappa shape index (κ2) is 6.64. The molecule has 2 fully saturated rings. The number of likely N-dealkylation sites (tertiary alicyclic amines) is 1. The molecule has 1 heterocycles. The normalized spacial score (nSPS) is 30.3. The van der Waals surface area contributed by atoms with Crippen LogP contribution in [0.25, 0.3) is 0 Å². The highest BCUT2D eigenvalue weighted by Gasteiger charge is 2.48. The van der Waals surface area contributed by atoms with Crippen molar-refractivity contribution in [1.82, 2.24) is 4.90 Å². The third-order valence-corrected chi connectivity index (χ3v) is 6.03. The first-order valence-electron chi connectivity index (χ1n) is 9.07. The summed E-state index contributed by atoms with van der Waals surface area (Å²) < 4.78 is 0. The topological polar surface area (TPSA) is 40.5 Å². The molecule has 1 aliphatic heterocycles. The molecule has 3 rings (SSSR count). The van der Waals surface area contributed by atoms with Crippen molar-refractivity contribution in [2.75, 3.05) is 13.1 Å². The number of aliphatic hydroxyl groups is 1. The second-order valence-corrected chi connectivity index (χ2v) is 7.50. The highest BCUT2D eigenvalue weighted by atomic mass is 16.3. The molecule has 0 radical (unpaired) electrons. The van der Waals surface area contributed by atoms with Gasteiger partial charge in [0.1, 0.15) is 0 Å². The second-order valence-electron chi connectivity index (χ2n) is 7.50. The Labute approximate surface area is 139 Å². The lowest BCUT2D eigenvalue weighted by Crippen LogP contribution is -2.44. The van der Waals surface area contributed by atoms with Crippen molar-refractivity contribution in [3.05, 3.63) is 35.4 Å². The summed E-state index contributed by atoms with van der Waals surface area (Å²) in [4.78, 5) is 14.6. The average Bonchev–Trinajstić information content (AvgIpc) is 3.00. The first-order valence-corrected chi connectivity index (χ1v) is 9.07. The van der Waals surface area contributed by atoms with Crippen LogP contribution in [-0.2, 0) is 11.2 Å². The van der Waals surface area contributed by atoms with Crippen LogP contribution in [0.2, 0.25) is 0 Å². The van der Waals surface area contributed by atoms with Gasteiger partial charge in [-0.1, -0.05) is 43.2 Å². The van der Waals surface area contributed by atoms with Gasteiger partial charge in [-0.25, -0.2) is 0 Å². The highest BCUT2D eigenvalue weighted by Crippen LogP contribution is 2.44. The Hall–Kier alpha value is -1.35. The molecule has 0 unspecified atom stereocenters. The fraction of sp³-hybridized carbons (Fsp3) is 0.650. The van der Waals surface area contributed by atoms with E-state index in [2.05, 4.69) is 38.1 Å². The minimum absolute atomic E-state index is 0.249. The van der Waals surface area contributed by atoms with Crippen LogP contribution in [0.15, 0.2) is 24.3 Å². The third-order valence-electron chi connectivity index (χ3n) is 6.03. The summed E-state index contributed by atoms with van der Waals surface area (Å²) in [6.45, 7) is 5.75. The summed E-state index contributed by atoms with van der Waals surface area (Å²) in [5.74, 6) is 1.03. The van der Waals surface area contributed by atoms with Gasteiger partial charge < -0.3 is 10.0 Å². The van der Waals surface area contributed by atoms with Gasteiger partial charge in [-0.2, -0.15) is 0 Å². The monoisotopic (exact) mass is 315 g/mol. The Balaban J connectivity index is 1.57. The van der Waals surface area contributed by atoms with E-state index in [0.29, 0.717) is 12.3 Å². The number of hydrogen-bond donors (Lipinski definition) is 1. The van der Waals surface area contributed by atoms with Crippen LogP contribution in [0.4, 0.5) is 0 Å². The lowest BCUT2D eigenvalue weighted by Gasteiger charge is -2.40. The van der Waals surface area contributed by atoms with E-state index >= 15 is 0 Å². The first kappa shape index (κ1) is 16.5. The van der Waals surface area contributed by atoms with E-state index in [-0.39, 0.29) is 11.8 Å². The van der Waals surface area contributed by atoms with E-state index in [1.54, 1.807) is 0 Å². The minimum Gasteiger partial charge on any atom is -0.390 e. The maximum absolute atomic E-state index is 12.6. The van der Waals surface area contributed by atoms with Crippen LogP contribution in [0, 0.1) is 18.8 Å². The zero-order valence-electron chi connectivity index (χ0n) is 14.4. The molecule has 3 heteroatoms. The Morgan fingerprint density at radius 1 is 1.30 bits per heavy atom. The van der Waals surface area contributed by atoms with Crippen molar-refractivity contribution < 1.29 is 9.90 Å². The number of amides is 1. The van der Waals surface area contributed by atoms with E-state index in [9.17, 15) is 9.90 Å². The molecule has 2 aliphatic rings. The molecule has 0 bridgehead atoms. The summed E-state index contributed by atoms with van der Waals surface area (Å²) in [6, 6.07) is 8.43. The van der Waals surface area contributed by atoms with Crippen molar-refractivity contribution in [3.63, 3.8) is 0 Å². The molecule has 1 saturated heterocycles. The zero-order chi connectivity index (χ0) is 16.4. The van der Waals surface area contributed by atoms with Gasteiger partial charge in [0.15, 0.2) is 0 Å². The first-order chi connectivity index (χ1) is 11.0. The predicted octanol–water partition coefficient (Wildman–Crippen LogP) is 3.33. The Kier molecular flexibility index (Phi) is 4.77. The molecule has 1 amide bonds. The van der Waals surface area contributed by atoms with E-state index in [1.165, 1.54) is 11.1 Å². The Morgan fingerprint density at radius 3 is 2.74 bits per heavy atom. The van der Waals surface area contributed by atoms with Crippen molar-refractivity contribution in [1.29, 1.82) is 0 Å². The highest BCUT2D eigenvalue weighted by molar-refractivity contribution is 5.76. The standard InChI is InChI=1S/C20H29NO2/c1-3-20(23)12-4-5-17-13-21(14-18(17)20)19(22)11-10-16-8-6-15(2)7-9-16/h6-9,17-18,23H,3-5,10-14H2,1-2H3/t17-,18+,20-/m1/s1. The summed E-state index contributed by atoms with van der Waals surface area (Å²) in [5, 5.41) is 10.8. The lowest BCUT2D eigenvalue weighted by atomic mass is 9.69. The molecule has 1 aromatic rings. The van der Waals surface area contributed by atoms with E-state index in [4.69, 9.17) is 0 Å². The Bertz CT molecular complexity index is 553. The molecule has 1 N–H and O–H groups in total.